The number of hydrogen-bond acceptors (Lipinski definition) is 2. The van der Waals surface area contributed by atoms with Crippen LogP contribution < -0.4 is 0 Å². The second kappa shape index (κ2) is 7.26. The summed E-state index contributed by atoms with van der Waals surface area (Å²) in [5, 5.41) is 0. The Morgan fingerprint density at radius 3 is 2.84 bits per heavy atom. The van der Waals surface area contributed by atoms with E-state index in [0.29, 0.717) is 9.65 Å². The molecule has 106 valence electrons. The maximum atomic E-state index is 6.28. The van der Waals surface area contributed by atoms with Crippen molar-refractivity contribution in [1.29, 1.82) is 0 Å². The third-order valence-corrected chi connectivity index (χ3v) is 6.02. The van der Waals surface area contributed by atoms with Crippen molar-refractivity contribution in [1.82, 2.24) is 0 Å². The number of alkyl halides is 2. The quantitative estimate of drug-likeness (QED) is 0.535. The van der Waals surface area contributed by atoms with E-state index in [4.69, 9.17) is 15.9 Å². The minimum atomic E-state index is 0.133. The predicted molar refractivity (Wildman–Crippen MR) is 84.9 cm³/mol. The lowest BCUT2D eigenvalue weighted by atomic mass is 10.1. The van der Waals surface area contributed by atoms with Crippen LogP contribution in [0.3, 0.4) is 0 Å². The summed E-state index contributed by atoms with van der Waals surface area (Å²) >= 11 is 7.49. The SMILES string of the molecule is C#C/C=C/C[C@@H]1O[C@@H]2C[C@H]1O[C@@H]([C@@H](Br)CC)C[C@H]2Br. The monoisotopic (exact) mass is 390 g/mol. The van der Waals surface area contributed by atoms with E-state index in [2.05, 4.69) is 44.7 Å². The molecule has 19 heavy (non-hydrogen) atoms. The number of ether oxygens (including phenoxy) is 2. The molecule has 2 rings (SSSR count). The lowest BCUT2D eigenvalue weighted by molar-refractivity contribution is -0.0732. The zero-order chi connectivity index (χ0) is 13.8. The second-order valence-corrected chi connectivity index (χ2v) is 7.49. The first kappa shape index (κ1) is 15.6. The molecule has 0 aromatic rings. The summed E-state index contributed by atoms with van der Waals surface area (Å²) in [6.07, 6.45) is 13.7. The molecule has 2 aliphatic rings. The van der Waals surface area contributed by atoms with Gasteiger partial charge in [0.1, 0.15) is 0 Å². The Morgan fingerprint density at radius 1 is 1.37 bits per heavy atom. The average Bonchev–Trinajstić information content (AvgIpc) is 2.72. The standard InChI is InChI=1S/C15H20Br2O2/c1-3-5-6-7-12-15-9-14(18-12)11(17)8-13(19-15)10(16)4-2/h1,5-6,10-15H,4,7-9H2,2H3/b6-5+/t10-,11+,12-,13+,14+,15+/m0/s1. The fourth-order valence-electron chi connectivity index (χ4n) is 2.75. The first-order chi connectivity index (χ1) is 9.15. The van der Waals surface area contributed by atoms with Crippen LogP contribution in [0.2, 0.25) is 0 Å². The van der Waals surface area contributed by atoms with Gasteiger partial charge in [0.05, 0.1) is 24.4 Å². The van der Waals surface area contributed by atoms with Gasteiger partial charge in [-0.2, -0.15) is 0 Å². The van der Waals surface area contributed by atoms with Crippen LogP contribution in [0.15, 0.2) is 12.2 Å². The smallest absolute Gasteiger partial charge is 0.0876 e. The lowest BCUT2D eigenvalue weighted by Crippen LogP contribution is -2.36. The van der Waals surface area contributed by atoms with E-state index in [1.165, 1.54) is 0 Å². The van der Waals surface area contributed by atoms with Gasteiger partial charge in [-0.1, -0.05) is 50.8 Å². The summed E-state index contributed by atoms with van der Waals surface area (Å²) in [5.74, 6) is 2.51. The number of hydrogen-bond donors (Lipinski definition) is 0. The molecule has 0 radical (unpaired) electrons. The molecule has 2 aliphatic heterocycles. The van der Waals surface area contributed by atoms with Crippen LogP contribution in [0.1, 0.15) is 32.6 Å². The van der Waals surface area contributed by atoms with Crippen molar-refractivity contribution >= 4 is 31.9 Å². The van der Waals surface area contributed by atoms with Crippen molar-refractivity contribution in [3.8, 4) is 12.3 Å². The maximum absolute atomic E-state index is 6.28. The summed E-state index contributed by atoms with van der Waals surface area (Å²) in [7, 11) is 0. The van der Waals surface area contributed by atoms with Gasteiger partial charge in [-0.05, 0) is 25.3 Å². The average molecular weight is 392 g/mol. The van der Waals surface area contributed by atoms with Crippen LogP contribution in [0.5, 0.6) is 0 Å². The third kappa shape index (κ3) is 3.85. The largest absolute Gasteiger partial charge is 0.371 e. The van der Waals surface area contributed by atoms with Gasteiger partial charge in [-0.15, -0.1) is 6.42 Å². The maximum Gasteiger partial charge on any atom is 0.0876 e. The van der Waals surface area contributed by atoms with E-state index in [1.54, 1.807) is 6.08 Å². The number of rotatable bonds is 4. The van der Waals surface area contributed by atoms with Gasteiger partial charge in [0.25, 0.3) is 0 Å². The Hall–Kier alpha value is 0.180. The Labute approximate surface area is 132 Å². The molecule has 0 spiro atoms. The van der Waals surface area contributed by atoms with Crippen LogP contribution >= 0.6 is 31.9 Å². The van der Waals surface area contributed by atoms with Gasteiger partial charge >= 0.3 is 0 Å². The van der Waals surface area contributed by atoms with Crippen LogP contribution in [0.25, 0.3) is 0 Å². The van der Waals surface area contributed by atoms with Crippen LogP contribution in [0.4, 0.5) is 0 Å². The minimum absolute atomic E-state index is 0.133. The van der Waals surface area contributed by atoms with Gasteiger partial charge in [-0.3, -0.25) is 0 Å². The van der Waals surface area contributed by atoms with Crippen molar-refractivity contribution in [2.45, 2.75) is 66.7 Å². The second-order valence-electron chi connectivity index (χ2n) is 5.14. The highest BCUT2D eigenvalue weighted by molar-refractivity contribution is 9.09. The zero-order valence-electron chi connectivity index (χ0n) is 11.1. The van der Waals surface area contributed by atoms with Crippen LogP contribution in [-0.2, 0) is 9.47 Å². The van der Waals surface area contributed by atoms with Gasteiger partial charge < -0.3 is 9.47 Å². The van der Waals surface area contributed by atoms with Crippen molar-refractivity contribution in [3.05, 3.63) is 12.2 Å². The van der Waals surface area contributed by atoms with Crippen molar-refractivity contribution in [2.75, 3.05) is 0 Å². The summed E-state index contributed by atoms with van der Waals surface area (Å²) in [5.41, 5.74) is 0. The minimum Gasteiger partial charge on any atom is -0.371 e. The molecule has 0 unspecified atom stereocenters. The molecule has 4 heteroatoms. The lowest BCUT2D eigenvalue weighted by Gasteiger charge is -2.30. The first-order valence-electron chi connectivity index (χ1n) is 6.85. The molecule has 0 amide bonds. The van der Waals surface area contributed by atoms with E-state index in [9.17, 15) is 0 Å². The summed E-state index contributed by atoms with van der Waals surface area (Å²) in [6.45, 7) is 2.18. The fourth-order valence-corrected chi connectivity index (χ4v) is 3.80. The molecule has 2 bridgehead atoms. The number of allylic oxidation sites excluding steroid dienone is 1. The molecular formula is C15H20Br2O2. The molecule has 0 saturated carbocycles. The molecule has 2 fully saturated rings. The summed E-state index contributed by atoms with van der Waals surface area (Å²) in [6, 6.07) is 0. The van der Waals surface area contributed by atoms with E-state index in [0.717, 1.165) is 25.7 Å². The molecule has 2 nitrogen and oxygen atoms in total. The Balaban J connectivity index is 2.02. The Kier molecular flexibility index (Phi) is 5.95. The number of halogens is 2. The highest BCUT2D eigenvalue weighted by Gasteiger charge is 2.44. The Morgan fingerprint density at radius 2 is 2.16 bits per heavy atom. The Bertz CT molecular complexity index is 364. The number of fused-ring (bicyclic) bond motifs is 2. The van der Waals surface area contributed by atoms with Crippen LogP contribution in [0, 0.1) is 12.3 Å². The van der Waals surface area contributed by atoms with Crippen LogP contribution in [-0.4, -0.2) is 34.1 Å². The topological polar surface area (TPSA) is 18.5 Å². The highest BCUT2D eigenvalue weighted by atomic mass is 79.9. The molecule has 2 heterocycles. The molecule has 2 saturated heterocycles. The van der Waals surface area contributed by atoms with Gasteiger partial charge in [-0.25, -0.2) is 0 Å². The summed E-state index contributed by atoms with van der Waals surface area (Å²) in [4.78, 5) is 0.782. The normalized spacial score (nSPS) is 40.0. The van der Waals surface area contributed by atoms with Gasteiger partial charge in [0.15, 0.2) is 0 Å². The van der Waals surface area contributed by atoms with Gasteiger partial charge in [0, 0.05) is 16.1 Å². The summed E-state index contributed by atoms with van der Waals surface area (Å²) < 4.78 is 12.4. The molecule has 0 N–H and O–H groups in total. The molecular weight excluding hydrogens is 372 g/mol. The number of terminal acetylenes is 1. The zero-order valence-corrected chi connectivity index (χ0v) is 14.3. The van der Waals surface area contributed by atoms with E-state index in [1.807, 2.05) is 6.08 Å². The highest BCUT2D eigenvalue weighted by Crippen LogP contribution is 2.38. The van der Waals surface area contributed by atoms with E-state index >= 15 is 0 Å². The predicted octanol–water partition coefficient (Wildman–Crippen LogP) is 3.82. The molecule has 0 aromatic carbocycles. The first-order valence-corrected chi connectivity index (χ1v) is 8.69. The molecule has 0 aromatic heterocycles. The fraction of sp³-hybridized carbons (Fsp3) is 0.733. The van der Waals surface area contributed by atoms with E-state index < -0.39 is 0 Å². The molecule has 0 aliphatic carbocycles. The van der Waals surface area contributed by atoms with Crippen molar-refractivity contribution < 1.29 is 9.47 Å². The third-order valence-electron chi connectivity index (χ3n) is 3.82. The van der Waals surface area contributed by atoms with E-state index in [-0.39, 0.29) is 24.4 Å². The van der Waals surface area contributed by atoms with Crippen molar-refractivity contribution in [2.24, 2.45) is 0 Å². The van der Waals surface area contributed by atoms with Crippen molar-refractivity contribution in [3.63, 3.8) is 0 Å². The van der Waals surface area contributed by atoms with Gasteiger partial charge in [0.2, 0.25) is 0 Å². The molecule has 6 atom stereocenters.